The monoisotopic (exact) mass is 252 g/mol. The molecule has 0 aliphatic carbocycles. The number of hydrogen-bond acceptors (Lipinski definition) is 2. The number of unbranched alkanes of at least 4 members (excludes halogenated alkanes) is 3. The SMILES string of the molecule is CC(C)CCCCCCN1C2CCC1CC(N)C2. The summed E-state index contributed by atoms with van der Waals surface area (Å²) < 4.78 is 0. The summed E-state index contributed by atoms with van der Waals surface area (Å²) in [4.78, 5) is 2.78. The van der Waals surface area contributed by atoms with Crippen molar-refractivity contribution in [2.45, 2.75) is 89.8 Å². The van der Waals surface area contributed by atoms with Gasteiger partial charge in [-0.05, 0) is 44.6 Å². The van der Waals surface area contributed by atoms with Crippen molar-refractivity contribution >= 4 is 0 Å². The van der Waals surface area contributed by atoms with E-state index in [0.717, 1.165) is 18.0 Å². The number of nitrogens with two attached hydrogens (primary N) is 1. The second-order valence-corrected chi connectivity index (χ2v) is 6.95. The number of fused-ring (bicyclic) bond motifs is 2. The zero-order chi connectivity index (χ0) is 13.0. The lowest BCUT2D eigenvalue weighted by atomic mass is 9.97. The molecule has 2 bridgehead atoms. The molecule has 0 aromatic carbocycles. The fourth-order valence-electron chi connectivity index (χ4n) is 3.88. The topological polar surface area (TPSA) is 29.3 Å². The third-order valence-electron chi connectivity index (χ3n) is 4.87. The van der Waals surface area contributed by atoms with E-state index in [2.05, 4.69) is 18.7 Å². The van der Waals surface area contributed by atoms with Crippen LogP contribution in [-0.2, 0) is 0 Å². The van der Waals surface area contributed by atoms with Crippen LogP contribution in [0.1, 0.15) is 71.6 Å². The van der Waals surface area contributed by atoms with Crippen molar-refractivity contribution < 1.29 is 0 Å². The average molecular weight is 252 g/mol. The van der Waals surface area contributed by atoms with E-state index in [1.807, 2.05) is 0 Å². The summed E-state index contributed by atoms with van der Waals surface area (Å²) in [6.45, 7) is 5.99. The highest BCUT2D eigenvalue weighted by Crippen LogP contribution is 2.35. The minimum Gasteiger partial charge on any atom is -0.328 e. The first-order valence-electron chi connectivity index (χ1n) is 8.18. The van der Waals surface area contributed by atoms with E-state index >= 15 is 0 Å². The van der Waals surface area contributed by atoms with Crippen molar-refractivity contribution in [1.82, 2.24) is 4.90 Å². The first-order chi connectivity index (χ1) is 8.66. The zero-order valence-corrected chi connectivity index (χ0v) is 12.4. The Kier molecular flexibility index (Phi) is 5.50. The Morgan fingerprint density at radius 3 is 2.22 bits per heavy atom. The van der Waals surface area contributed by atoms with Gasteiger partial charge >= 0.3 is 0 Å². The first-order valence-corrected chi connectivity index (χ1v) is 8.18. The van der Waals surface area contributed by atoms with Gasteiger partial charge in [0.2, 0.25) is 0 Å². The fourth-order valence-corrected chi connectivity index (χ4v) is 3.88. The molecule has 0 aromatic heterocycles. The van der Waals surface area contributed by atoms with Crippen molar-refractivity contribution in [2.75, 3.05) is 6.54 Å². The number of piperidine rings is 1. The molecule has 2 fully saturated rings. The third kappa shape index (κ3) is 3.96. The van der Waals surface area contributed by atoms with E-state index in [4.69, 9.17) is 5.73 Å². The van der Waals surface area contributed by atoms with Gasteiger partial charge in [0, 0.05) is 18.1 Å². The molecule has 18 heavy (non-hydrogen) atoms. The molecule has 2 aliphatic rings. The van der Waals surface area contributed by atoms with Crippen molar-refractivity contribution in [3.63, 3.8) is 0 Å². The third-order valence-corrected chi connectivity index (χ3v) is 4.87. The van der Waals surface area contributed by atoms with Crippen molar-refractivity contribution in [1.29, 1.82) is 0 Å². The lowest BCUT2D eigenvalue weighted by Crippen LogP contribution is -2.47. The van der Waals surface area contributed by atoms with E-state index in [1.54, 1.807) is 0 Å². The highest BCUT2D eigenvalue weighted by molar-refractivity contribution is 4.96. The maximum absolute atomic E-state index is 6.11. The second kappa shape index (κ2) is 6.91. The molecule has 106 valence electrons. The average Bonchev–Trinajstić information content (AvgIpc) is 2.56. The molecule has 2 rings (SSSR count). The smallest absolute Gasteiger partial charge is 0.0113 e. The van der Waals surface area contributed by atoms with Crippen LogP contribution in [0.5, 0.6) is 0 Å². The molecular weight excluding hydrogens is 220 g/mol. The van der Waals surface area contributed by atoms with Crippen LogP contribution in [-0.4, -0.2) is 29.6 Å². The molecule has 2 atom stereocenters. The van der Waals surface area contributed by atoms with Gasteiger partial charge in [-0.2, -0.15) is 0 Å². The van der Waals surface area contributed by atoms with Crippen LogP contribution in [0.4, 0.5) is 0 Å². The predicted octanol–water partition coefficient (Wildman–Crippen LogP) is 3.55. The van der Waals surface area contributed by atoms with Crippen LogP contribution in [0.2, 0.25) is 0 Å². The highest BCUT2D eigenvalue weighted by atomic mass is 15.2. The zero-order valence-electron chi connectivity index (χ0n) is 12.4. The number of rotatable bonds is 7. The lowest BCUT2D eigenvalue weighted by molar-refractivity contribution is 0.125. The molecule has 2 nitrogen and oxygen atoms in total. The molecule has 2 N–H and O–H groups in total. The van der Waals surface area contributed by atoms with E-state index in [0.29, 0.717) is 6.04 Å². The van der Waals surface area contributed by atoms with Gasteiger partial charge in [0.1, 0.15) is 0 Å². The molecule has 0 amide bonds. The fraction of sp³-hybridized carbons (Fsp3) is 1.00. The summed E-state index contributed by atoms with van der Waals surface area (Å²) in [5, 5.41) is 0. The molecule has 0 radical (unpaired) electrons. The summed E-state index contributed by atoms with van der Waals surface area (Å²) in [7, 11) is 0. The Bertz CT molecular complexity index is 225. The Hall–Kier alpha value is -0.0800. The number of nitrogens with zero attached hydrogens (tertiary/aromatic N) is 1. The molecule has 0 saturated carbocycles. The molecule has 2 heterocycles. The van der Waals surface area contributed by atoms with Crippen LogP contribution in [0.3, 0.4) is 0 Å². The van der Waals surface area contributed by atoms with E-state index in [-0.39, 0.29) is 0 Å². The summed E-state index contributed by atoms with van der Waals surface area (Å²) in [5.41, 5.74) is 6.11. The first kappa shape index (κ1) is 14.3. The Morgan fingerprint density at radius 2 is 1.61 bits per heavy atom. The van der Waals surface area contributed by atoms with Gasteiger partial charge in [0.05, 0.1) is 0 Å². The van der Waals surface area contributed by atoms with Gasteiger partial charge in [-0.3, -0.25) is 4.90 Å². The van der Waals surface area contributed by atoms with Gasteiger partial charge in [-0.1, -0.05) is 39.5 Å². The normalized spacial score (nSPS) is 32.3. The van der Waals surface area contributed by atoms with Crippen LogP contribution >= 0.6 is 0 Å². The summed E-state index contributed by atoms with van der Waals surface area (Å²) in [6, 6.07) is 2.15. The van der Waals surface area contributed by atoms with E-state index < -0.39 is 0 Å². The highest BCUT2D eigenvalue weighted by Gasteiger charge is 2.38. The van der Waals surface area contributed by atoms with Gasteiger partial charge in [0.25, 0.3) is 0 Å². The lowest BCUT2D eigenvalue weighted by Gasteiger charge is -2.37. The molecule has 2 unspecified atom stereocenters. The summed E-state index contributed by atoms with van der Waals surface area (Å²) >= 11 is 0. The molecule has 2 heteroatoms. The quantitative estimate of drug-likeness (QED) is 0.702. The van der Waals surface area contributed by atoms with Crippen LogP contribution < -0.4 is 5.73 Å². The van der Waals surface area contributed by atoms with Crippen molar-refractivity contribution in [3.05, 3.63) is 0 Å². The standard InChI is InChI=1S/C16H32N2/c1-13(2)7-5-3-4-6-10-18-15-8-9-16(18)12-14(17)11-15/h13-16H,3-12,17H2,1-2H3. The van der Waals surface area contributed by atoms with Gasteiger partial charge < -0.3 is 5.73 Å². The molecule has 0 spiro atoms. The minimum atomic E-state index is 0.491. The molecule has 0 aromatic rings. The molecule has 2 aliphatic heterocycles. The largest absolute Gasteiger partial charge is 0.328 e. The maximum atomic E-state index is 6.11. The molecular formula is C16H32N2. The number of hydrogen-bond donors (Lipinski definition) is 1. The minimum absolute atomic E-state index is 0.491. The van der Waals surface area contributed by atoms with Crippen molar-refractivity contribution in [2.24, 2.45) is 11.7 Å². The van der Waals surface area contributed by atoms with E-state index in [9.17, 15) is 0 Å². The Labute approximate surface area is 113 Å². The van der Waals surface area contributed by atoms with Crippen LogP contribution in [0.15, 0.2) is 0 Å². The Balaban J connectivity index is 1.57. The predicted molar refractivity (Wildman–Crippen MR) is 78.6 cm³/mol. The van der Waals surface area contributed by atoms with E-state index in [1.165, 1.54) is 64.3 Å². The van der Waals surface area contributed by atoms with Crippen LogP contribution in [0.25, 0.3) is 0 Å². The Morgan fingerprint density at radius 1 is 1.00 bits per heavy atom. The van der Waals surface area contributed by atoms with Crippen LogP contribution in [0, 0.1) is 5.92 Å². The summed E-state index contributed by atoms with van der Waals surface area (Å²) in [6.07, 6.45) is 12.4. The van der Waals surface area contributed by atoms with Gasteiger partial charge in [-0.15, -0.1) is 0 Å². The maximum Gasteiger partial charge on any atom is 0.0113 e. The second-order valence-electron chi connectivity index (χ2n) is 6.95. The summed E-state index contributed by atoms with van der Waals surface area (Å²) in [5.74, 6) is 0.879. The van der Waals surface area contributed by atoms with Gasteiger partial charge in [0.15, 0.2) is 0 Å². The molecule has 2 saturated heterocycles. The van der Waals surface area contributed by atoms with Gasteiger partial charge in [-0.25, -0.2) is 0 Å². The van der Waals surface area contributed by atoms with Crippen molar-refractivity contribution in [3.8, 4) is 0 Å².